The van der Waals surface area contributed by atoms with Gasteiger partial charge in [0.1, 0.15) is 11.6 Å². The van der Waals surface area contributed by atoms with Crippen LogP contribution in [-0.2, 0) is 17.8 Å². The third-order valence-electron chi connectivity index (χ3n) is 5.60. The Balaban J connectivity index is 1.66. The molecule has 0 aliphatic carbocycles. The molecule has 4 rings (SSSR count). The molecule has 2 heterocycles. The van der Waals surface area contributed by atoms with Gasteiger partial charge in [-0.05, 0) is 49.2 Å². The number of nitrogens with one attached hydrogen (secondary N) is 2. The molecule has 3 aromatic rings. The summed E-state index contributed by atoms with van der Waals surface area (Å²) in [5, 5.41) is 6.02. The van der Waals surface area contributed by atoms with Crippen molar-refractivity contribution in [3.8, 4) is 5.75 Å². The zero-order chi connectivity index (χ0) is 22.7. The molecule has 0 unspecified atom stereocenters. The highest BCUT2D eigenvalue weighted by atomic mass is 16.5. The summed E-state index contributed by atoms with van der Waals surface area (Å²) in [7, 11) is 1.50. The van der Waals surface area contributed by atoms with Gasteiger partial charge in [-0.2, -0.15) is 0 Å². The molecule has 166 valence electrons. The quantitative estimate of drug-likeness (QED) is 0.651. The van der Waals surface area contributed by atoms with Crippen molar-refractivity contribution in [2.45, 2.75) is 45.6 Å². The fourth-order valence-electron chi connectivity index (χ4n) is 4.02. The average molecular weight is 434 g/mol. The van der Waals surface area contributed by atoms with E-state index >= 15 is 0 Å². The van der Waals surface area contributed by atoms with Gasteiger partial charge in [0, 0.05) is 31.1 Å². The van der Waals surface area contributed by atoms with E-state index in [1.165, 1.54) is 14.0 Å². The summed E-state index contributed by atoms with van der Waals surface area (Å²) in [6.07, 6.45) is 4.99. The number of methoxy groups -OCH3 is 1. The highest BCUT2D eigenvalue weighted by Gasteiger charge is 2.16. The SMILES string of the molecule is COc1ccc(NC(C)=O)cc1NC(=O)c1ccc2c(=O)n3c(nc2c1)CCCCCC3. The minimum Gasteiger partial charge on any atom is -0.495 e. The van der Waals surface area contributed by atoms with Crippen molar-refractivity contribution in [1.82, 2.24) is 9.55 Å². The maximum absolute atomic E-state index is 13.0. The molecule has 8 heteroatoms. The number of carbonyl (C=O) groups is 2. The van der Waals surface area contributed by atoms with E-state index in [4.69, 9.17) is 9.72 Å². The summed E-state index contributed by atoms with van der Waals surface area (Å²) in [4.78, 5) is 42.0. The van der Waals surface area contributed by atoms with E-state index in [9.17, 15) is 14.4 Å². The molecule has 2 amide bonds. The van der Waals surface area contributed by atoms with Crippen molar-refractivity contribution >= 4 is 34.1 Å². The molecule has 0 saturated carbocycles. The largest absolute Gasteiger partial charge is 0.495 e. The van der Waals surface area contributed by atoms with Crippen LogP contribution in [0, 0.1) is 0 Å². The second-order valence-corrected chi connectivity index (χ2v) is 7.93. The Morgan fingerprint density at radius 2 is 1.84 bits per heavy atom. The van der Waals surface area contributed by atoms with E-state index in [1.54, 1.807) is 41.0 Å². The van der Waals surface area contributed by atoms with Crippen LogP contribution in [0.5, 0.6) is 5.75 Å². The first-order chi connectivity index (χ1) is 15.5. The van der Waals surface area contributed by atoms with Gasteiger partial charge in [0.05, 0.1) is 23.7 Å². The Labute approximate surface area is 185 Å². The van der Waals surface area contributed by atoms with Crippen molar-refractivity contribution in [2.24, 2.45) is 0 Å². The molecule has 1 aliphatic rings. The fourth-order valence-corrected chi connectivity index (χ4v) is 4.02. The van der Waals surface area contributed by atoms with Crippen LogP contribution in [0.2, 0.25) is 0 Å². The van der Waals surface area contributed by atoms with E-state index in [0.717, 1.165) is 37.9 Å². The van der Waals surface area contributed by atoms with Gasteiger partial charge in [-0.25, -0.2) is 4.98 Å². The molecule has 2 aromatic carbocycles. The summed E-state index contributed by atoms with van der Waals surface area (Å²) in [6, 6.07) is 9.93. The van der Waals surface area contributed by atoms with Gasteiger partial charge >= 0.3 is 0 Å². The molecule has 8 nitrogen and oxygen atoms in total. The van der Waals surface area contributed by atoms with E-state index < -0.39 is 0 Å². The lowest BCUT2D eigenvalue weighted by Crippen LogP contribution is -2.26. The highest BCUT2D eigenvalue weighted by Crippen LogP contribution is 2.28. The van der Waals surface area contributed by atoms with E-state index in [0.29, 0.717) is 40.1 Å². The van der Waals surface area contributed by atoms with E-state index in [2.05, 4.69) is 10.6 Å². The van der Waals surface area contributed by atoms with Gasteiger partial charge in [-0.3, -0.25) is 19.0 Å². The summed E-state index contributed by atoms with van der Waals surface area (Å²) in [6.45, 7) is 2.10. The van der Waals surface area contributed by atoms with Crippen molar-refractivity contribution in [1.29, 1.82) is 0 Å². The molecular weight excluding hydrogens is 408 g/mol. The number of amides is 2. The number of hydrogen-bond acceptors (Lipinski definition) is 5. The van der Waals surface area contributed by atoms with Crippen molar-refractivity contribution in [3.05, 3.63) is 58.1 Å². The van der Waals surface area contributed by atoms with Crippen LogP contribution in [0.15, 0.2) is 41.2 Å². The van der Waals surface area contributed by atoms with E-state index in [-0.39, 0.29) is 17.4 Å². The number of hydrogen-bond donors (Lipinski definition) is 2. The topological polar surface area (TPSA) is 102 Å². The van der Waals surface area contributed by atoms with Crippen molar-refractivity contribution in [2.75, 3.05) is 17.7 Å². The highest BCUT2D eigenvalue weighted by molar-refractivity contribution is 6.07. The average Bonchev–Trinajstić information content (AvgIpc) is 2.74. The summed E-state index contributed by atoms with van der Waals surface area (Å²) >= 11 is 0. The lowest BCUT2D eigenvalue weighted by Gasteiger charge is -2.16. The molecular formula is C24H26N4O4. The summed E-state index contributed by atoms with van der Waals surface area (Å²) in [5.74, 6) is 0.670. The smallest absolute Gasteiger partial charge is 0.261 e. The second kappa shape index (κ2) is 9.21. The maximum atomic E-state index is 13.0. The second-order valence-electron chi connectivity index (χ2n) is 7.93. The number of carbonyl (C=O) groups excluding carboxylic acids is 2. The van der Waals surface area contributed by atoms with Gasteiger partial charge < -0.3 is 15.4 Å². The number of ether oxygens (including phenoxy) is 1. The standard InChI is InChI=1S/C24H26N4O4/c1-15(29)25-17-9-11-21(32-2)20(14-17)27-23(30)16-8-10-18-19(13-16)26-22-7-5-3-4-6-12-28(22)24(18)31/h8-11,13-14H,3-7,12H2,1-2H3,(H,25,29)(H,27,30). The maximum Gasteiger partial charge on any atom is 0.261 e. The van der Waals surface area contributed by atoms with Crippen LogP contribution in [-0.4, -0.2) is 28.5 Å². The number of benzene rings is 2. The molecule has 2 N–H and O–H groups in total. The third kappa shape index (κ3) is 4.49. The normalized spacial score (nSPS) is 13.6. The Bertz CT molecular complexity index is 1250. The van der Waals surface area contributed by atoms with Crippen LogP contribution < -0.4 is 20.9 Å². The van der Waals surface area contributed by atoms with Gasteiger partial charge in [0.25, 0.3) is 11.5 Å². The van der Waals surface area contributed by atoms with Gasteiger partial charge in [-0.1, -0.05) is 12.8 Å². The van der Waals surface area contributed by atoms with Crippen LogP contribution >= 0.6 is 0 Å². The zero-order valence-corrected chi connectivity index (χ0v) is 18.2. The molecule has 0 spiro atoms. The first-order valence-electron chi connectivity index (χ1n) is 10.8. The van der Waals surface area contributed by atoms with Crippen LogP contribution in [0.25, 0.3) is 10.9 Å². The van der Waals surface area contributed by atoms with Crippen molar-refractivity contribution in [3.63, 3.8) is 0 Å². The summed E-state index contributed by atoms with van der Waals surface area (Å²) < 4.78 is 7.11. The first kappa shape index (κ1) is 21.5. The molecule has 0 atom stereocenters. The Morgan fingerprint density at radius 1 is 1.03 bits per heavy atom. The number of aryl methyl sites for hydroxylation is 1. The number of anilines is 2. The summed E-state index contributed by atoms with van der Waals surface area (Å²) in [5.41, 5.74) is 1.82. The molecule has 1 aliphatic heterocycles. The number of nitrogens with zero attached hydrogens (tertiary/aromatic N) is 2. The molecule has 0 fully saturated rings. The minimum atomic E-state index is -0.362. The van der Waals surface area contributed by atoms with Crippen LogP contribution in [0.3, 0.4) is 0 Å². The fraction of sp³-hybridized carbons (Fsp3) is 0.333. The number of rotatable bonds is 4. The molecule has 32 heavy (non-hydrogen) atoms. The van der Waals surface area contributed by atoms with Gasteiger partial charge in [0.2, 0.25) is 5.91 Å². The van der Waals surface area contributed by atoms with Crippen LogP contribution in [0.1, 0.15) is 48.8 Å². The van der Waals surface area contributed by atoms with Gasteiger partial charge in [0.15, 0.2) is 0 Å². The molecule has 1 aromatic heterocycles. The predicted molar refractivity (Wildman–Crippen MR) is 123 cm³/mol. The monoisotopic (exact) mass is 434 g/mol. The Kier molecular flexibility index (Phi) is 6.20. The van der Waals surface area contributed by atoms with E-state index in [1.807, 2.05) is 0 Å². The number of fused-ring (bicyclic) bond motifs is 2. The lowest BCUT2D eigenvalue weighted by molar-refractivity contribution is -0.114. The minimum absolute atomic E-state index is 0.0523. The molecule has 0 saturated heterocycles. The lowest BCUT2D eigenvalue weighted by atomic mass is 10.1. The van der Waals surface area contributed by atoms with Crippen molar-refractivity contribution < 1.29 is 14.3 Å². The van der Waals surface area contributed by atoms with Gasteiger partial charge in [-0.15, -0.1) is 0 Å². The first-order valence-corrected chi connectivity index (χ1v) is 10.8. The zero-order valence-electron chi connectivity index (χ0n) is 18.2. The Hall–Kier alpha value is -3.68. The predicted octanol–water partition coefficient (Wildman–Crippen LogP) is 3.73. The number of aromatic nitrogens is 2. The molecule has 0 radical (unpaired) electrons. The van der Waals surface area contributed by atoms with Crippen LogP contribution in [0.4, 0.5) is 11.4 Å². The Morgan fingerprint density at radius 3 is 2.62 bits per heavy atom. The molecule has 0 bridgehead atoms. The third-order valence-corrected chi connectivity index (χ3v) is 5.60.